The van der Waals surface area contributed by atoms with Crippen LogP contribution in [0.15, 0.2) is 83.8 Å². The predicted octanol–water partition coefficient (Wildman–Crippen LogP) is 4.46. The topological polar surface area (TPSA) is 95.5 Å². The number of nitrogens with one attached hydrogen (secondary N) is 2. The van der Waals surface area contributed by atoms with E-state index in [9.17, 15) is 22.7 Å². The molecule has 0 aliphatic carbocycles. The minimum Gasteiger partial charge on any atom is -0.389 e. The molecule has 6 nitrogen and oxygen atoms in total. The van der Waals surface area contributed by atoms with Gasteiger partial charge < -0.3 is 15.7 Å². The van der Waals surface area contributed by atoms with E-state index in [-0.39, 0.29) is 22.6 Å². The fourth-order valence-corrected chi connectivity index (χ4v) is 5.66. The lowest BCUT2D eigenvalue weighted by Crippen LogP contribution is -2.47. The third-order valence-corrected chi connectivity index (χ3v) is 7.77. The van der Waals surface area contributed by atoms with Crippen molar-refractivity contribution in [1.29, 1.82) is 0 Å². The lowest BCUT2D eigenvalue weighted by Gasteiger charge is -2.25. The van der Waals surface area contributed by atoms with Gasteiger partial charge in [-0.05, 0) is 65.9 Å². The summed E-state index contributed by atoms with van der Waals surface area (Å²) in [6, 6.07) is 20.5. The molecule has 0 saturated heterocycles. The molecule has 0 aliphatic rings. The lowest BCUT2D eigenvalue weighted by atomic mass is 10.0. The molecule has 2 atom stereocenters. The van der Waals surface area contributed by atoms with Crippen LogP contribution in [0.1, 0.15) is 36.7 Å². The Morgan fingerprint density at radius 3 is 2.14 bits per heavy atom. The molecule has 0 spiro atoms. The van der Waals surface area contributed by atoms with E-state index in [1.807, 2.05) is 51.1 Å². The van der Waals surface area contributed by atoms with E-state index in [1.54, 1.807) is 24.3 Å². The minimum atomic E-state index is -3.40. The number of rotatable bonds is 10. The highest BCUT2D eigenvalue weighted by Crippen LogP contribution is 2.23. The van der Waals surface area contributed by atoms with Crippen molar-refractivity contribution in [3.8, 4) is 0 Å². The highest BCUT2D eigenvalue weighted by molar-refractivity contribution is 7.91. The second-order valence-electron chi connectivity index (χ2n) is 10.1. The summed E-state index contributed by atoms with van der Waals surface area (Å²) < 4.78 is 38.4. The first kappa shape index (κ1) is 27.4. The average molecular weight is 513 g/mol. The van der Waals surface area contributed by atoms with Crippen molar-refractivity contribution in [3.63, 3.8) is 0 Å². The van der Waals surface area contributed by atoms with E-state index in [0.29, 0.717) is 17.7 Å². The second-order valence-corrected chi connectivity index (χ2v) is 12.1. The molecule has 0 aromatic heterocycles. The molecule has 1 amide bonds. The van der Waals surface area contributed by atoms with E-state index in [0.717, 1.165) is 5.56 Å². The molecular formula is C28H33FN2O4S. The summed E-state index contributed by atoms with van der Waals surface area (Å²) in [6.45, 7) is 5.75. The van der Waals surface area contributed by atoms with Gasteiger partial charge in [-0.3, -0.25) is 4.79 Å². The van der Waals surface area contributed by atoms with E-state index >= 15 is 0 Å². The molecule has 3 aromatic rings. The fraction of sp³-hybridized carbons (Fsp3) is 0.321. The maximum absolute atomic E-state index is 13.2. The summed E-state index contributed by atoms with van der Waals surface area (Å²) in [5.74, 6) is -0.808. The van der Waals surface area contributed by atoms with Crippen LogP contribution in [-0.4, -0.2) is 43.9 Å². The van der Waals surface area contributed by atoms with Crippen molar-refractivity contribution in [2.24, 2.45) is 5.41 Å². The molecule has 0 fully saturated rings. The summed E-state index contributed by atoms with van der Waals surface area (Å²) in [5.41, 5.74) is 1.52. The molecular weight excluding hydrogens is 479 g/mol. The predicted molar refractivity (Wildman–Crippen MR) is 140 cm³/mol. The second kappa shape index (κ2) is 11.7. The zero-order valence-electron chi connectivity index (χ0n) is 20.7. The Morgan fingerprint density at radius 2 is 1.56 bits per heavy atom. The molecule has 0 aliphatic heterocycles. The number of aliphatic hydroxyl groups is 1. The molecule has 3 rings (SSSR count). The van der Waals surface area contributed by atoms with Gasteiger partial charge in [0.25, 0.3) is 5.91 Å². The van der Waals surface area contributed by atoms with Crippen LogP contribution in [0.5, 0.6) is 0 Å². The van der Waals surface area contributed by atoms with Crippen molar-refractivity contribution in [2.75, 3.05) is 17.6 Å². The first-order valence-electron chi connectivity index (χ1n) is 11.8. The van der Waals surface area contributed by atoms with Gasteiger partial charge >= 0.3 is 0 Å². The van der Waals surface area contributed by atoms with Crippen molar-refractivity contribution in [2.45, 2.75) is 44.2 Å². The molecule has 192 valence electrons. The van der Waals surface area contributed by atoms with E-state index in [4.69, 9.17) is 0 Å². The molecule has 0 bridgehead atoms. The van der Waals surface area contributed by atoms with Crippen LogP contribution in [0.4, 0.5) is 10.1 Å². The molecule has 3 N–H and O–H groups in total. The van der Waals surface area contributed by atoms with Gasteiger partial charge in [0.15, 0.2) is 9.84 Å². The van der Waals surface area contributed by atoms with Crippen molar-refractivity contribution < 1.29 is 22.7 Å². The number of halogens is 1. The summed E-state index contributed by atoms with van der Waals surface area (Å²) in [6.07, 6.45) is -0.570. The summed E-state index contributed by atoms with van der Waals surface area (Å²) in [7, 11) is -3.40. The molecule has 8 heteroatoms. The van der Waals surface area contributed by atoms with Crippen molar-refractivity contribution in [1.82, 2.24) is 5.32 Å². The van der Waals surface area contributed by atoms with Crippen molar-refractivity contribution in [3.05, 3.63) is 95.8 Å². The Labute approximate surface area is 212 Å². The van der Waals surface area contributed by atoms with Crippen LogP contribution in [0, 0.1) is 11.2 Å². The number of aliphatic hydroxyl groups excluding tert-OH is 1. The van der Waals surface area contributed by atoms with Crippen LogP contribution >= 0.6 is 0 Å². The number of carbonyl (C=O) groups is 1. The highest BCUT2D eigenvalue weighted by Gasteiger charge is 2.24. The Hall–Kier alpha value is -3.23. The van der Waals surface area contributed by atoms with Gasteiger partial charge in [0, 0.05) is 17.8 Å². The van der Waals surface area contributed by atoms with Gasteiger partial charge in [-0.2, -0.15) is 0 Å². The number of hydrogen-bond acceptors (Lipinski definition) is 5. The fourth-order valence-electron chi connectivity index (χ4n) is 3.80. The molecule has 36 heavy (non-hydrogen) atoms. The molecule has 0 radical (unpaired) electrons. The summed E-state index contributed by atoms with van der Waals surface area (Å²) in [5, 5.41) is 16.9. The van der Waals surface area contributed by atoms with Gasteiger partial charge in [0.05, 0.1) is 22.8 Å². The lowest BCUT2D eigenvalue weighted by molar-refractivity contribution is 0.0851. The summed E-state index contributed by atoms with van der Waals surface area (Å²) in [4.78, 5) is 13.0. The number of amides is 1. The highest BCUT2D eigenvalue weighted by atomic mass is 32.2. The standard InChI is InChI=1S/C28H33FN2O4S/c1-28(2,3)19-36(34,35)24-15-13-23(14-16-24)30-18-26(32)25(17-20-7-5-4-6-8-20)31-27(33)21-9-11-22(29)12-10-21/h4-16,25-26,30,32H,17-19H2,1-3H3,(H,31,33)/t25-,26+/m0/s1. The maximum atomic E-state index is 13.2. The normalized spacial score (nSPS) is 13.6. The first-order chi connectivity index (χ1) is 16.9. The van der Waals surface area contributed by atoms with Gasteiger partial charge in [-0.15, -0.1) is 0 Å². The van der Waals surface area contributed by atoms with Gasteiger partial charge in [0.1, 0.15) is 5.82 Å². The summed E-state index contributed by atoms with van der Waals surface area (Å²) >= 11 is 0. The first-order valence-corrected chi connectivity index (χ1v) is 13.4. The Balaban J connectivity index is 1.68. The van der Waals surface area contributed by atoms with E-state index in [2.05, 4.69) is 10.6 Å². The maximum Gasteiger partial charge on any atom is 0.251 e. The van der Waals surface area contributed by atoms with Crippen LogP contribution < -0.4 is 10.6 Å². The van der Waals surface area contributed by atoms with Gasteiger partial charge in [-0.1, -0.05) is 51.1 Å². The monoisotopic (exact) mass is 512 g/mol. The van der Waals surface area contributed by atoms with Gasteiger partial charge in [0.2, 0.25) is 0 Å². The molecule has 3 aromatic carbocycles. The van der Waals surface area contributed by atoms with Gasteiger partial charge in [-0.25, -0.2) is 12.8 Å². The van der Waals surface area contributed by atoms with E-state index < -0.39 is 33.7 Å². The third-order valence-electron chi connectivity index (χ3n) is 5.54. The Bertz CT molecular complexity index is 1240. The quantitative estimate of drug-likeness (QED) is 0.373. The largest absolute Gasteiger partial charge is 0.389 e. The third kappa shape index (κ3) is 8.17. The Morgan fingerprint density at radius 1 is 0.944 bits per heavy atom. The minimum absolute atomic E-state index is 0.0421. The average Bonchev–Trinajstić information content (AvgIpc) is 2.82. The molecule has 0 unspecified atom stereocenters. The number of benzene rings is 3. The van der Waals surface area contributed by atoms with Crippen LogP contribution in [0.25, 0.3) is 0 Å². The molecule has 0 heterocycles. The van der Waals surface area contributed by atoms with E-state index in [1.165, 1.54) is 24.3 Å². The van der Waals surface area contributed by atoms with Crippen LogP contribution in [0.3, 0.4) is 0 Å². The smallest absolute Gasteiger partial charge is 0.251 e. The number of anilines is 1. The molecule has 0 saturated carbocycles. The van der Waals surface area contributed by atoms with Crippen molar-refractivity contribution >= 4 is 21.4 Å². The zero-order valence-corrected chi connectivity index (χ0v) is 21.6. The number of hydrogen-bond donors (Lipinski definition) is 3. The van der Waals surface area contributed by atoms with Crippen LogP contribution in [-0.2, 0) is 16.3 Å². The number of carbonyl (C=O) groups excluding carboxylic acids is 1. The SMILES string of the molecule is CC(C)(C)CS(=O)(=O)c1ccc(NC[C@@H](O)[C@H](Cc2ccccc2)NC(=O)c2ccc(F)cc2)cc1. The zero-order chi connectivity index (χ0) is 26.3. The Kier molecular flexibility index (Phi) is 8.87. The number of sulfone groups is 1. The van der Waals surface area contributed by atoms with Crippen LogP contribution in [0.2, 0.25) is 0 Å².